The van der Waals surface area contributed by atoms with Gasteiger partial charge in [0.1, 0.15) is 21.8 Å². The Kier molecular flexibility index (Phi) is 12.3. The summed E-state index contributed by atoms with van der Waals surface area (Å²) in [7, 11) is 0. The van der Waals surface area contributed by atoms with Gasteiger partial charge in [-0.3, -0.25) is 23.9 Å². The zero-order valence-corrected chi connectivity index (χ0v) is 25.9. The molecular formula is C30H42N4O4S2. The molecule has 40 heavy (non-hydrogen) atoms. The highest BCUT2D eigenvalue weighted by molar-refractivity contribution is 8.26. The number of esters is 1. The molecule has 1 aromatic heterocycles. The Labute approximate surface area is 247 Å². The molecule has 0 radical (unpaired) electrons. The molecule has 2 saturated heterocycles. The fourth-order valence-corrected chi connectivity index (χ4v) is 6.67. The van der Waals surface area contributed by atoms with Crippen LogP contribution in [0.5, 0.6) is 0 Å². The number of pyridine rings is 1. The van der Waals surface area contributed by atoms with Crippen LogP contribution in [0.2, 0.25) is 0 Å². The molecule has 3 heterocycles. The third-order valence-corrected chi connectivity index (χ3v) is 8.97. The van der Waals surface area contributed by atoms with E-state index in [1.807, 2.05) is 13.0 Å². The number of thiocarbonyl (C=S) groups is 1. The minimum Gasteiger partial charge on any atom is -0.466 e. The van der Waals surface area contributed by atoms with Crippen molar-refractivity contribution in [1.82, 2.24) is 9.47 Å². The first kappa shape index (κ1) is 31.9. The molecule has 0 bridgehead atoms. The monoisotopic (exact) mass is 586 g/mol. The summed E-state index contributed by atoms with van der Waals surface area (Å²) < 4.78 is 7.44. The SMILES string of the molecule is CCCCCCCCN1C(=O)/C(=C/c2c(C)c(C#N)c(=O)n(CCC)c2N2CCC(C(=O)OCC)CC2)SC1=S. The lowest BCUT2D eigenvalue weighted by Gasteiger charge is -2.35. The zero-order valence-electron chi connectivity index (χ0n) is 24.3. The van der Waals surface area contributed by atoms with Crippen molar-refractivity contribution in [3.05, 3.63) is 31.9 Å². The summed E-state index contributed by atoms with van der Waals surface area (Å²) >= 11 is 6.86. The van der Waals surface area contributed by atoms with Gasteiger partial charge in [0, 0.05) is 31.7 Å². The quantitative estimate of drug-likeness (QED) is 0.124. The largest absolute Gasteiger partial charge is 0.466 e. The van der Waals surface area contributed by atoms with Crippen molar-refractivity contribution in [3.63, 3.8) is 0 Å². The number of carbonyl (C=O) groups is 2. The normalized spacial score (nSPS) is 17.1. The number of hydrogen-bond donors (Lipinski definition) is 0. The van der Waals surface area contributed by atoms with Crippen LogP contribution in [0.25, 0.3) is 6.08 Å². The van der Waals surface area contributed by atoms with E-state index in [2.05, 4.69) is 17.9 Å². The second-order valence-electron chi connectivity index (χ2n) is 10.4. The van der Waals surface area contributed by atoms with E-state index in [9.17, 15) is 19.6 Å². The molecule has 1 aromatic rings. The Morgan fingerprint density at radius 3 is 2.38 bits per heavy atom. The van der Waals surface area contributed by atoms with Gasteiger partial charge >= 0.3 is 5.97 Å². The molecule has 1 amide bonds. The van der Waals surface area contributed by atoms with E-state index in [1.165, 1.54) is 31.0 Å². The molecule has 218 valence electrons. The predicted molar refractivity (Wildman–Crippen MR) is 165 cm³/mol. The van der Waals surface area contributed by atoms with E-state index in [0.717, 1.165) is 19.3 Å². The van der Waals surface area contributed by atoms with Crippen molar-refractivity contribution in [2.24, 2.45) is 5.92 Å². The molecule has 0 spiro atoms. The molecule has 0 unspecified atom stereocenters. The van der Waals surface area contributed by atoms with Gasteiger partial charge in [-0.05, 0) is 51.2 Å². The van der Waals surface area contributed by atoms with Crippen LogP contribution in [-0.4, -0.2) is 51.9 Å². The molecule has 2 fully saturated rings. The number of hydrogen-bond acceptors (Lipinski definition) is 8. The van der Waals surface area contributed by atoms with Crippen LogP contribution in [-0.2, 0) is 20.9 Å². The standard InChI is InChI=1S/C30H42N4O4S2/c1-5-8-9-10-11-12-16-34-28(36)25(40-30(34)39)19-23-21(4)24(20-31)27(35)33(15-6-2)26(23)32-17-13-22(14-18-32)29(37)38-7-3/h19,22H,5-18H2,1-4H3/b25-19-. The number of nitrogens with zero attached hydrogens (tertiary/aromatic N) is 4. The van der Waals surface area contributed by atoms with Crippen molar-refractivity contribution >= 4 is 52.1 Å². The molecule has 0 aromatic carbocycles. The van der Waals surface area contributed by atoms with Crippen molar-refractivity contribution in [3.8, 4) is 6.07 Å². The number of thioether (sulfide) groups is 1. The number of nitriles is 1. The number of ether oxygens (including phenoxy) is 1. The number of anilines is 1. The van der Waals surface area contributed by atoms with Gasteiger partial charge in [0.15, 0.2) is 0 Å². The lowest BCUT2D eigenvalue weighted by atomic mass is 9.95. The summed E-state index contributed by atoms with van der Waals surface area (Å²) in [6.45, 7) is 10.3. The first-order valence-corrected chi connectivity index (χ1v) is 15.9. The maximum atomic E-state index is 13.4. The summed E-state index contributed by atoms with van der Waals surface area (Å²) in [5.74, 6) is 0.218. The summed E-state index contributed by atoms with van der Waals surface area (Å²) in [5, 5.41) is 9.89. The number of amides is 1. The first-order valence-electron chi connectivity index (χ1n) is 14.6. The van der Waals surface area contributed by atoms with E-state index in [0.29, 0.717) is 78.2 Å². The Bertz CT molecular complexity index is 1230. The van der Waals surface area contributed by atoms with Crippen LogP contribution in [0.3, 0.4) is 0 Å². The van der Waals surface area contributed by atoms with Crippen LogP contribution in [0.1, 0.15) is 95.2 Å². The number of piperidine rings is 1. The summed E-state index contributed by atoms with van der Waals surface area (Å²) in [6, 6.07) is 2.10. The van der Waals surface area contributed by atoms with Crippen molar-refractivity contribution in [2.75, 3.05) is 31.1 Å². The van der Waals surface area contributed by atoms with Gasteiger partial charge in [-0.15, -0.1) is 0 Å². The average Bonchev–Trinajstić information content (AvgIpc) is 3.21. The van der Waals surface area contributed by atoms with Gasteiger partial charge < -0.3 is 9.64 Å². The molecule has 3 rings (SSSR count). The van der Waals surface area contributed by atoms with E-state index in [4.69, 9.17) is 17.0 Å². The maximum absolute atomic E-state index is 13.4. The predicted octanol–water partition coefficient (Wildman–Crippen LogP) is 5.78. The van der Waals surface area contributed by atoms with Crippen LogP contribution in [0, 0.1) is 24.2 Å². The van der Waals surface area contributed by atoms with Crippen LogP contribution in [0.4, 0.5) is 5.82 Å². The van der Waals surface area contributed by atoms with Crippen LogP contribution >= 0.6 is 24.0 Å². The highest BCUT2D eigenvalue weighted by Gasteiger charge is 2.34. The van der Waals surface area contributed by atoms with E-state index in [1.54, 1.807) is 23.3 Å². The molecule has 8 nitrogen and oxygen atoms in total. The van der Waals surface area contributed by atoms with E-state index < -0.39 is 0 Å². The molecule has 2 aliphatic rings. The fraction of sp³-hybridized carbons (Fsp3) is 0.633. The second kappa shape index (κ2) is 15.4. The molecule has 0 N–H and O–H groups in total. The molecular weight excluding hydrogens is 544 g/mol. The maximum Gasteiger partial charge on any atom is 0.309 e. The minimum absolute atomic E-state index is 0.0902. The van der Waals surface area contributed by atoms with Crippen molar-refractivity contribution < 1.29 is 14.3 Å². The highest BCUT2D eigenvalue weighted by Crippen LogP contribution is 2.37. The number of rotatable bonds is 13. The van der Waals surface area contributed by atoms with Crippen LogP contribution < -0.4 is 10.5 Å². The summed E-state index contributed by atoms with van der Waals surface area (Å²) in [5.41, 5.74) is 1.02. The average molecular weight is 587 g/mol. The Morgan fingerprint density at radius 2 is 1.75 bits per heavy atom. The van der Waals surface area contributed by atoms with Gasteiger partial charge in [-0.25, -0.2) is 0 Å². The Hall–Kier alpha value is -2.64. The van der Waals surface area contributed by atoms with E-state index in [-0.39, 0.29) is 28.9 Å². The number of aromatic nitrogens is 1. The minimum atomic E-state index is -0.322. The number of unbranched alkanes of at least 4 members (excludes halogenated alkanes) is 5. The van der Waals surface area contributed by atoms with Gasteiger partial charge in [0.05, 0.1) is 17.4 Å². The van der Waals surface area contributed by atoms with E-state index >= 15 is 0 Å². The van der Waals surface area contributed by atoms with Crippen molar-refractivity contribution in [1.29, 1.82) is 5.26 Å². The topological polar surface area (TPSA) is 95.6 Å². The number of carbonyl (C=O) groups excluding carboxylic acids is 2. The highest BCUT2D eigenvalue weighted by atomic mass is 32.2. The fourth-order valence-electron chi connectivity index (χ4n) is 5.38. The first-order chi connectivity index (χ1) is 19.3. The molecule has 2 aliphatic heterocycles. The van der Waals surface area contributed by atoms with Gasteiger partial charge in [0.25, 0.3) is 11.5 Å². The van der Waals surface area contributed by atoms with Gasteiger partial charge in [-0.1, -0.05) is 69.9 Å². The van der Waals surface area contributed by atoms with Crippen molar-refractivity contribution in [2.45, 2.75) is 92.0 Å². The third-order valence-electron chi connectivity index (χ3n) is 7.59. The third kappa shape index (κ3) is 7.35. The van der Waals surface area contributed by atoms with Gasteiger partial charge in [-0.2, -0.15) is 5.26 Å². The molecule has 10 heteroatoms. The summed E-state index contributed by atoms with van der Waals surface area (Å²) in [4.78, 5) is 43.5. The molecule has 0 atom stereocenters. The smallest absolute Gasteiger partial charge is 0.309 e. The molecule has 0 aliphatic carbocycles. The van der Waals surface area contributed by atoms with Crippen LogP contribution in [0.15, 0.2) is 9.70 Å². The Morgan fingerprint density at radius 1 is 1.07 bits per heavy atom. The second-order valence-corrected chi connectivity index (χ2v) is 12.1. The van der Waals surface area contributed by atoms with Gasteiger partial charge in [0.2, 0.25) is 0 Å². The molecule has 0 saturated carbocycles. The summed E-state index contributed by atoms with van der Waals surface area (Å²) in [6.07, 6.45) is 10.5. The lowest BCUT2D eigenvalue weighted by Crippen LogP contribution is -2.41. The lowest BCUT2D eigenvalue weighted by molar-refractivity contribution is -0.148. The Balaban J connectivity index is 1.95. The zero-order chi connectivity index (χ0) is 29.2.